The van der Waals surface area contributed by atoms with Crippen LogP contribution in [0.1, 0.15) is 27.9 Å². The fourth-order valence-electron chi connectivity index (χ4n) is 3.50. The van der Waals surface area contributed by atoms with Gasteiger partial charge in [0.25, 0.3) is 5.91 Å². The molecule has 130 valence electrons. The number of rotatable bonds is 3. The van der Waals surface area contributed by atoms with Crippen molar-refractivity contribution in [1.82, 2.24) is 0 Å². The molecular weight excluding hydrogens is 350 g/mol. The number of ketones is 1. The molecule has 0 saturated carbocycles. The van der Waals surface area contributed by atoms with E-state index in [9.17, 15) is 14.7 Å². The first-order valence-electron chi connectivity index (χ1n) is 8.26. The van der Waals surface area contributed by atoms with Crippen LogP contribution in [0, 0.1) is 6.92 Å². The van der Waals surface area contributed by atoms with Crippen LogP contribution in [-0.2, 0) is 10.4 Å². The van der Waals surface area contributed by atoms with Crippen molar-refractivity contribution in [2.24, 2.45) is 0 Å². The van der Waals surface area contributed by atoms with E-state index >= 15 is 0 Å². The third-order valence-electron chi connectivity index (χ3n) is 4.97. The fourth-order valence-corrected chi connectivity index (χ4v) is 3.66. The van der Waals surface area contributed by atoms with Crippen LogP contribution >= 0.6 is 11.6 Å². The summed E-state index contributed by atoms with van der Waals surface area (Å²) in [4.78, 5) is 25.5. The Morgan fingerprint density at radius 2 is 1.85 bits per heavy atom. The van der Waals surface area contributed by atoms with Gasteiger partial charge in [0.05, 0.1) is 12.1 Å². The van der Waals surface area contributed by atoms with E-state index in [0.717, 1.165) is 10.8 Å². The molecule has 0 aromatic heterocycles. The molecule has 2 N–H and O–H groups in total. The lowest BCUT2D eigenvalue weighted by Gasteiger charge is -2.20. The molecule has 1 heterocycles. The predicted octanol–water partition coefficient (Wildman–Crippen LogP) is 4.21. The van der Waals surface area contributed by atoms with Crippen molar-refractivity contribution in [3.63, 3.8) is 0 Å². The molecule has 1 amide bonds. The number of benzene rings is 3. The fraction of sp³-hybridized carbons (Fsp3) is 0.143. The number of carbonyl (C=O) groups is 2. The highest BCUT2D eigenvalue weighted by molar-refractivity contribution is 6.32. The van der Waals surface area contributed by atoms with Gasteiger partial charge in [0.1, 0.15) is 0 Å². The molecule has 3 aromatic carbocycles. The van der Waals surface area contributed by atoms with Crippen LogP contribution < -0.4 is 5.32 Å². The van der Waals surface area contributed by atoms with E-state index in [0.29, 0.717) is 27.4 Å². The van der Waals surface area contributed by atoms with E-state index in [1.807, 2.05) is 30.3 Å². The van der Waals surface area contributed by atoms with E-state index in [1.54, 1.807) is 31.2 Å². The summed E-state index contributed by atoms with van der Waals surface area (Å²) in [5.74, 6) is -0.897. The Morgan fingerprint density at radius 3 is 2.65 bits per heavy atom. The Bertz CT molecular complexity index is 1070. The zero-order valence-corrected chi connectivity index (χ0v) is 14.8. The Kier molecular flexibility index (Phi) is 3.83. The lowest BCUT2D eigenvalue weighted by Crippen LogP contribution is -2.36. The maximum absolute atomic E-state index is 13.0. The molecule has 0 saturated heterocycles. The molecule has 1 atom stereocenters. The average molecular weight is 366 g/mol. The third kappa shape index (κ3) is 2.42. The summed E-state index contributed by atoms with van der Waals surface area (Å²) in [5, 5.41) is 15.9. The molecule has 1 aliphatic rings. The molecule has 0 fully saturated rings. The van der Waals surface area contributed by atoms with Gasteiger partial charge in [-0.15, -0.1) is 0 Å². The molecule has 4 nitrogen and oxygen atoms in total. The normalized spacial score (nSPS) is 18.7. The SMILES string of the molecule is Cc1c(Cl)ccc2c1NC(=O)[C@]2(O)CC(=O)c1cccc2ccccc12. The lowest BCUT2D eigenvalue weighted by atomic mass is 9.86. The van der Waals surface area contributed by atoms with Gasteiger partial charge in [0.15, 0.2) is 11.4 Å². The highest BCUT2D eigenvalue weighted by Crippen LogP contribution is 2.43. The monoisotopic (exact) mass is 365 g/mol. The summed E-state index contributed by atoms with van der Waals surface area (Å²) in [6, 6.07) is 16.2. The minimum Gasteiger partial charge on any atom is -0.375 e. The van der Waals surface area contributed by atoms with Crippen LogP contribution in [0.3, 0.4) is 0 Å². The first-order valence-corrected chi connectivity index (χ1v) is 8.64. The Labute approximate surface area is 155 Å². The van der Waals surface area contributed by atoms with Gasteiger partial charge in [-0.1, -0.05) is 60.1 Å². The number of Topliss-reactive ketones (excluding diaryl/α,β-unsaturated/α-hetero) is 1. The number of halogens is 1. The number of aliphatic hydroxyl groups is 1. The standard InChI is InChI=1S/C21H16ClNO3/c1-12-17(22)10-9-16-19(12)23-20(25)21(16,26)11-18(24)15-8-4-6-13-5-2-3-7-14(13)15/h2-10,26H,11H2,1H3,(H,23,25)/t21-/m0/s1. The third-order valence-corrected chi connectivity index (χ3v) is 5.37. The quantitative estimate of drug-likeness (QED) is 0.683. The largest absolute Gasteiger partial charge is 0.375 e. The molecule has 0 unspecified atom stereocenters. The summed E-state index contributed by atoms with van der Waals surface area (Å²) in [6.45, 7) is 1.76. The zero-order chi connectivity index (χ0) is 18.5. The number of hydrogen-bond donors (Lipinski definition) is 2. The van der Waals surface area contributed by atoms with Crippen molar-refractivity contribution in [3.8, 4) is 0 Å². The molecule has 3 aromatic rings. The molecule has 1 aliphatic heterocycles. The molecule has 0 aliphatic carbocycles. The Hall–Kier alpha value is -2.69. The maximum Gasteiger partial charge on any atom is 0.261 e. The summed E-state index contributed by atoms with van der Waals surface area (Å²) < 4.78 is 0. The minimum absolute atomic E-state index is 0.292. The van der Waals surface area contributed by atoms with E-state index in [4.69, 9.17) is 11.6 Å². The summed E-state index contributed by atoms with van der Waals surface area (Å²) in [6.07, 6.45) is -0.332. The zero-order valence-electron chi connectivity index (χ0n) is 14.0. The first-order chi connectivity index (χ1) is 12.4. The smallest absolute Gasteiger partial charge is 0.261 e. The molecule has 0 spiro atoms. The summed E-state index contributed by atoms with van der Waals surface area (Å²) >= 11 is 6.10. The van der Waals surface area contributed by atoms with Gasteiger partial charge in [0.2, 0.25) is 0 Å². The van der Waals surface area contributed by atoms with Gasteiger partial charge in [-0.25, -0.2) is 0 Å². The number of amides is 1. The van der Waals surface area contributed by atoms with Gasteiger partial charge in [-0.05, 0) is 29.3 Å². The highest BCUT2D eigenvalue weighted by Gasteiger charge is 2.47. The molecule has 26 heavy (non-hydrogen) atoms. The predicted molar refractivity (Wildman–Crippen MR) is 102 cm³/mol. The number of hydrogen-bond acceptors (Lipinski definition) is 3. The van der Waals surface area contributed by atoms with Crippen molar-refractivity contribution in [2.75, 3.05) is 5.32 Å². The van der Waals surface area contributed by atoms with Gasteiger partial charge in [0, 0.05) is 16.1 Å². The summed E-state index contributed by atoms with van der Waals surface area (Å²) in [5.41, 5.74) is 0.127. The number of nitrogens with one attached hydrogen (secondary N) is 1. The number of fused-ring (bicyclic) bond motifs is 2. The molecule has 5 heteroatoms. The van der Waals surface area contributed by atoms with Crippen molar-refractivity contribution < 1.29 is 14.7 Å². The Balaban J connectivity index is 1.77. The highest BCUT2D eigenvalue weighted by atomic mass is 35.5. The van der Waals surface area contributed by atoms with E-state index in [1.165, 1.54) is 0 Å². The first kappa shape index (κ1) is 16.8. The molecule has 0 bridgehead atoms. The van der Waals surface area contributed by atoms with Gasteiger partial charge < -0.3 is 10.4 Å². The summed E-state index contributed by atoms with van der Waals surface area (Å²) in [7, 11) is 0. The van der Waals surface area contributed by atoms with Crippen LogP contribution in [0.2, 0.25) is 5.02 Å². The van der Waals surface area contributed by atoms with Gasteiger partial charge in [-0.2, -0.15) is 0 Å². The van der Waals surface area contributed by atoms with Crippen molar-refractivity contribution >= 4 is 39.8 Å². The number of carbonyl (C=O) groups excluding carboxylic acids is 2. The second kappa shape index (κ2) is 5.94. The van der Waals surface area contributed by atoms with Crippen LogP contribution in [0.4, 0.5) is 5.69 Å². The van der Waals surface area contributed by atoms with Crippen LogP contribution in [0.5, 0.6) is 0 Å². The van der Waals surface area contributed by atoms with E-state index in [2.05, 4.69) is 5.32 Å². The topological polar surface area (TPSA) is 66.4 Å². The average Bonchev–Trinajstić information content (AvgIpc) is 2.89. The molecule has 0 radical (unpaired) electrons. The van der Waals surface area contributed by atoms with Crippen molar-refractivity contribution in [2.45, 2.75) is 18.9 Å². The second-order valence-corrected chi connectivity index (χ2v) is 6.94. The Morgan fingerprint density at radius 1 is 1.12 bits per heavy atom. The van der Waals surface area contributed by atoms with E-state index < -0.39 is 11.5 Å². The molecule has 4 rings (SSSR count). The maximum atomic E-state index is 13.0. The second-order valence-electron chi connectivity index (χ2n) is 6.54. The van der Waals surface area contributed by atoms with Crippen molar-refractivity contribution in [1.29, 1.82) is 0 Å². The van der Waals surface area contributed by atoms with Crippen molar-refractivity contribution in [3.05, 3.63) is 76.3 Å². The molecular formula is C21H16ClNO3. The van der Waals surface area contributed by atoms with Crippen LogP contribution in [-0.4, -0.2) is 16.8 Å². The van der Waals surface area contributed by atoms with Gasteiger partial charge in [-0.3, -0.25) is 9.59 Å². The van der Waals surface area contributed by atoms with Crippen LogP contribution in [0.25, 0.3) is 10.8 Å². The van der Waals surface area contributed by atoms with Gasteiger partial charge >= 0.3 is 0 Å². The number of anilines is 1. The van der Waals surface area contributed by atoms with Crippen LogP contribution in [0.15, 0.2) is 54.6 Å². The minimum atomic E-state index is -1.90. The van der Waals surface area contributed by atoms with E-state index in [-0.39, 0.29) is 12.2 Å². The lowest BCUT2D eigenvalue weighted by molar-refractivity contribution is -0.133.